The van der Waals surface area contributed by atoms with Crippen molar-refractivity contribution in [3.05, 3.63) is 53.3 Å². The van der Waals surface area contributed by atoms with Crippen molar-refractivity contribution >= 4 is 38.6 Å². The van der Waals surface area contributed by atoms with E-state index >= 15 is 0 Å². The van der Waals surface area contributed by atoms with Crippen molar-refractivity contribution in [1.82, 2.24) is 13.9 Å². The molecule has 1 aromatic heterocycles. The average Bonchev–Trinajstić information content (AvgIpc) is 3.16. The van der Waals surface area contributed by atoms with E-state index in [0.717, 1.165) is 5.52 Å². The number of morpholine rings is 1. The number of aryl methyl sites for hydroxylation is 2. The Labute approximate surface area is 191 Å². The van der Waals surface area contributed by atoms with Gasteiger partial charge >= 0.3 is 5.97 Å². The first-order chi connectivity index (χ1) is 15.4. The lowest BCUT2D eigenvalue weighted by atomic mass is 10.3. The molecule has 1 aliphatic heterocycles. The van der Waals surface area contributed by atoms with Crippen LogP contribution >= 0.6 is 11.6 Å². The Morgan fingerprint density at radius 3 is 2.56 bits per heavy atom. The molecule has 0 unspecified atom stereocenters. The van der Waals surface area contributed by atoms with Gasteiger partial charge in [-0.3, -0.25) is 4.79 Å². The van der Waals surface area contributed by atoms with Gasteiger partial charge in [0.15, 0.2) is 0 Å². The zero-order valence-corrected chi connectivity index (χ0v) is 19.2. The number of fused-ring (bicyclic) bond motifs is 1. The molecule has 0 spiro atoms. The summed E-state index contributed by atoms with van der Waals surface area (Å²) < 4.78 is 39.9. The van der Waals surface area contributed by atoms with Gasteiger partial charge in [-0.15, -0.1) is 0 Å². The van der Waals surface area contributed by atoms with Crippen LogP contribution in [0.15, 0.2) is 47.4 Å². The number of aromatic nitrogens is 2. The zero-order chi connectivity index (χ0) is 22.7. The van der Waals surface area contributed by atoms with E-state index in [0.29, 0.717) is 61.4 Å². The fourth-order valence-corrected chi connectivity index (χ4v) is 5.25. The second kappa shape index (κ2) is 9.58. The molecule has 3 aromatic rings. The molecule has 1 saturated heterocycles. The third-order valence-corrected chi connectivity index (χ3v) is 7.47. The number of carbonyl (C=O) groups excluding carboxylic acids is 1. The van der Waals surface area contributed by atoms with Crippen molar-refractivity contribution in [3.8, 4) is 5.75 Å². The Hall–Kier alpha value is -2.46. The number of benzene rings is 2. The number of imidazole rings is 1. The normalized spacial score (nSPS) is 15.2. The molecule has 2 aromatic carbocycles. The van der Waals surface area contributed by atoms with Crippen molar-refractivity contribution in [3.63, 3.8) is 0 Å². The summed E-state index contributed by atoms with van der Waals surface area (Å²) in [6.45, 7) is 4.09. The molecule has 4 rings (SSSR count). The highest BCUT2D eigenvalue weighted by molar-refractivity contribution is 7.89. The molecule has 2 heterocycles. The molecule has 0 amide bonds. The van der Waals surface area contributed by atoms with Gasteiger partial charge in [0.05, 0.1) is 35.6 Å². The summed E-state index contributed by atoms with van der Waals surface area (Å²) >= 11 is 5.85. The average molecular weight is 478 g/mol. The Balaban J connectivity index is 1.52. The summed E-state index contributed by atoms with van der Waals surface area (Å²) in [7, 11) is -3.61. The lowest BCUT2D eigenvalue weighted by molar-refractivity contribution is -0.134. The van der Waals surface area contributed by atoms with Gasteiger partial charge < -0.3 is 14.0 Å². The molecule has 0 saturated carbocycles. The monoisotopic (exact) mass is 477 g/mol. The number of halogens is 1. The number of ether oxygens (including phenoxy) is 2. The van der Waals surface area contributed by atoms with Gasteiger partial charge in [0.25, 0.3) is 0 Å². The maximum absolute atomic E-state index is 13.0. The van der Waals surface area contributed by atoms with Crippen molar-refractivity contribution in [2.75, 3.05) is 26.3 Å². The Morgan fingerprint density at radius 2 is 1.88 bits per heavy atom. The summed E-state index contributed by atoms with van der Waals surface area (Å²) in [5.41, 5.74) is 1.41. The fraction of sp³-hybridized carbons (Fsp3) is 0.364. The van der Waals surface area contributed by atoms with Crippen LogP contribution in [0, 0.1) is 0 Å². The molecule has 8 nitrogen and oxygen atoms in total. The van der Waals surface area contributed by atoms with Gasteiger partial charge in [0, 0.05) is 31.1 Å². The van der Waals surface area contributed by atoms with Crippen LogP contribution in [0.3, 0.4) is 0 Å². The van der Waals surface area contributed by atoms with Crippen molar-refractivity contribution < 1.29 is 22.7 Å². The van der Waals surface area contributed by atoms with Gasteiger partial charge in [-0.2, -0.15) is 4.31 Å². The second-order valence-corrected chi connectivity index (χ2v) is 9.74. The third kappa shape index (κ3) is 4.80. The molecule has 0 radical (unpaired) electrons. The maximum Gasteiger partial charge on any atom is 0.311 e. The minimum absolute atomic E-state index is 0.144. The zero-order valence-electron chi connectivity index (χ0n) is 17.7. The predicted octanol–water partition coefficient (Wildman–Crippen LogP) is 3.27. The number of rotatable bonds is 7. The Kier molecular flexibility index (Phi) is 6.80. The lowest BCUT2D eigenvalue weighted by Gasteiger charge is -2.26. The third-order valence-electron chi connectivity index (χ3n) is 5.32. The highest BCUT2D eigenvalue weighted by atomic mass is 35.5. The standard InChI is InChI=1S/C22H24ClN3O5S/c1-2-26-20-8-7-18(32(28,29)25-11-13-30-14-12-25)15-19(20)24-21(26)9-10-22(27)31-17-5-3-16(23)4-6-17/h3-8,15H,2,9-14H2,1H3. The van der Waals surface area contributed by atoms with Crippen LogP contribution in [0.1, 0.15) is 19.2 Å². The van der Waals surface area contributed by atoms with Gasteiger partial charge in [-0.25, -0.2) is 13.4 Å². The van der Waals surface area contributed by atoms with Crippen LogP contribution in [0.4, 0.5) is 0 Å². The van der Waals surface area contributed by atoms with E-state index in [1.165, 1.54) is 4.31 Å². The minimum Gasteiger partial charge on any atom is -0.427 e. The Morgan fingerprint density at radius 1 is 1.16 bits per heavy atom. The first-order valence-electron chi connectivity index (χ1n) is 10.4. The van der Waals surface area contributed by atoms with E-state index in [1.807, 2.05) is 11.5 Å². The van der Waals surface area contributed by atoms with Crippen molar-refractivity contribution in [2.45, 2.75) is 31.2 Å². The molecule has 1 fully saturated rings. The van der Waals surface area contributed by atoms with E-state index in [-0.39, 0.29) is 17.3 Å². The number of sulfonamides is 1. The number of esters is 1. The summed E-state index contributed by atoms with van der Waals surface area (Å²) in [6, 6.07) is 11.6. The minimum atomic E-state index is -3.61. The largest absolute Gasteiger partial charge is 0.427 e. The summed E-state index contributed by atoms with van der Waals surface area (Å²) in [4.78, 5) is 17.1. The van der Waals surface area contributed by atoms with Crippen LogP contribution in [-0.2, 0) is 32.5 Å². The van der Waals surface area contributed by atoms with E-state index in [4.69, 9.17) is 21.1 Å². The highest BCUT2D eigenvalue weighted by Crippen LogP contribution is 2.24. The van der Waals surface area contributed by atoms with Crippen molar-refractivity contribution in [2.24, 2.45) is 0 Å². The predicted molar refractivity (Wildman–Crippen MR) is 120 cm³/mol. The molecular formula is C22H24ClN3O5S. The van der Waals surface area contributed by atoms with E-state index < -0.39 is 10.0 Å². The summed E-state index contributed by atoms with van der Waals surface area (Å²) in [6.07, 6.45) is 0.519. The van der Waals surface area contributed by atoms with E-state index in [1.54, 1.807) is 42.5 Å². The molecule has 1 aliphatic rings. The van der Waals surface area contributed by atoms with Crippen LogP contribution in [0.2, 0.25) is 5.02 Å². The van der Waals surface area contributed by atoms with E-state index in [2.05, 4.69) is 4.98 Å². The van der Waals surface area contributed by atoms with Crippen LogP contribution in [-0.4, -0.2) is 54.5 Å². The maximum atomic E-state index is 13.0. The second-order valence-electron chi connectivity index (χ2n) is 7.37. The number of nitrogens with zero attached hydrogens (tertiary/aromatic N) is 3. The number of hydrogen-bond donors (Lipinski definition) is 0. The molecule has 0 aliphatic carbocycles. The fourth-order valence-electron chi connectivity index (χ4n) is 3.70. The van der Waals surface area contributed by atoms with Gasteiger partial charge in [-0.1, -0.05) is 11.6 Å². The van der Waals surface area contributed by atoms with Gasteiger partial charge in [-0.05, 0) is 49.4 Å². The molecule has 0 N–H and O–H groups in total. The topological polar surface area (TPSA) is 90.7 Å². The number of hydrogen-bond acceptors (Lipinski definition) is 6. The molecule has 0 bridgehead atoms. The van der Waals surface area contributed by atoms with Crippen molar-refractivity contribution in [1.29, 1.82) is 0 Å². The van der Waals surface area contributed by atoms with Crippen LogP contribution in [0.25, 0.3) is 11.0 Å². The molecular weight excluding hydrogens is 454 g/mol. The lowest BCUT2D eigenvalue weighted by Crippen LogP contribution is -2.40. The first kappa shape index (κ1) is 22.7. The highest BCUT2D eigenvalue weighted by Gasteiger charge is 2.27. The first-order valence-corrected chi connectivity index (χ1v) is 12.2. The summed E-state index contributed by atoms with van der Waals surface area (Å²) in [5.74, 6) is 0.760. The summed E-state index contributed by atoms with van der Waals surface area (Å²) in [5, 5.41) is 0.566. The molecule has 10 heteroatoms. The van der Waals surface area contributed by atoms with Crippen LogP contribution in [0.5, 0.6) is 5.75 Å². The molecule has 0 atom stereocenters. The molecule has 32 heavy (non-hydrogen) atoms. The van der Waals surface area contributed by atoms with Crippen LogP contribution < -0.4 is 4.74 Å². The Bertz CT molecular complexity index is 1220. The molecule has 170 valence electrons. The van der Waals surface area contributed by atoms with Gasteiger partial charge in [0.2, 0.25) is 10.0 Å². The van der Waals surface area contributed by atoms with E-state index in [9.17, 15) is 13.2 Å². The smallest absolute Gasteiger partial charge is 0.311 e. The quantitative estimate of drug-likeness (QED) is 0.383. The van der Waals surface area contributed by atoms with Gasteiger partial charge in [0.1, 0.15) is 11.6 Å². The SMILES string of the molecule is CCn1c(CCC(=O)Oc2ccc(Cl)cc2)nc2cc(S(=O)(=O)N3CCOCC3)ccc21. The number of carbonyl (C=O) groups is 1.